The zero-order chi connectivity index (χ0) is 13.0. The molecular weight excluding hydrogens is 244 g/mol. The van der Waals surface area contributed by atoms with E-state index in [1.54, 1.807) is 23.5 Å². The number of hydrogen-bond acceptors (Lipinski definition) is 4. The lowest BCUT2D eigenvalue weighted by Gasteiger charge is -2.13. The Morgan fingerprint density at radius 2 is 2.06 bits per heavy atom. The number of rotatable bonds is 5. The molecule has 0 aliphatic carbocycles. The summed E-state index contributed by atoms with van der Waals surface area (Å²) in [5, 5.41) is 13.8. The third kappa shape index (κ3) is 3.31. The van der Waals surface area contributed by atoms with Crippen molar-refractivity contribution in [3.8, 4) is 5.75 Å². The topological polar surface area (TPSA) is 45.2 Å². The molecule has 0 saturated heterocycles. The minimum absolute atomic E-state index is 0.250. The predicted molar refractivity (Wildman–Crippen MR) is 74.9 cm³/mol. The molecule has 0 amide bonds. The van der Waals surface area contributed by atoms with E-state index in [1.165, 1.54) is 10.4 Å². The smallest absolute Gasteiger partial charge is 0.115 e. The van der Waals surface area contributed by atoms with Gasteiger partial charge in [-0.05, 0) is 31.0 Å². The van der Waals surface area contributed by atoms with Gasteiger partial charge in [0.15, 0.2) is 0 Å². The molecule has 2 rings (SSSR count). The van der Waals surface area contributed by atoms with E-state index in [1.807, 2.05) is 18.3 Å². The van der Waals surface area contributed by atoms with Crippen LogP contribution >= 0.6 is 11.3 Å². The summed E-state index contributed by atoms with van der Waals surface area (Å²) in [5.74, 6) is 0.304. The first-order chi connectivity index (χ1) is 8.69. The molecule has 0 aliphatic rings. The molecule has 18 heavy (non-hydrogen) atoms. The minimum Gasteiger partial charge on any atom is -0.508 e. The van der Waals surface area contributed by atoms with Gasteiger partial charge in [0.1, 0.15) is 10.8 Å². The first kappa shape index (κ1) is 13.1. The predicted octanol–water partition coefficient (Wildman–Crippen LogP) is 3.26. The van der Waals surface area contributed by atoms with Crippen molar-refractivity contribution in [3.05, 3.63) is 45.9 Å². The second-order valence-corrected chi connectivity index (χ2v) is 5.47. The molecule has 96 valence electrons. The molecule has 2 aromatic rings. The summed E-state index contributed by atoms with van der Waals surface area (Å²) in [6.45, 7) is 5.04. The molecule has 0 aliphatic heterocycles. The van der Waals surface area contributed by atoms with Crippen LogP contribution < -0.4 is 5.32 Å². The van der Waals surface area contributed by atoms with Crippen molar-refractivity contribution in [2.24, 2.45) is 0 Å². The van der Waals surface area contributed by atoms with Gasteiger partial charge in [0, 0.05) is 23.7 Å². The van der Waals surface area contributed by atoms with Crippen molar-refractivity contribution in [3.63, 3.8) is 0 Å². The van der Waals surface area contributed by atoms with Crippen LogP contribution in [-0.2, 0) is 13.0 Å². The van der Waals surface area contributed by atoms with Crippen LogP contribution in [0.4, 0.5) is 0 Å². The third-order valence-electron chi connectivity index (χ3n) is 2.90. The molecule has 1 unspecified atom stereocenters. The summed E-state index contributed by atoms with van der Waals surface area (Å²) in [6.07, 6.45) is 3.00. The molecule has 2 N–H and O–H groups in total. The van der Waals surface area contributed by atoms with E-state index in [-0.39, 0.29) is 6.04 Å². The summed E-state index contributed by atoms with van der Waals surface area (Å²) >= 11 is 1.76. The van der Waals surface area contributed by atoms with Crippen LogP contribution in [0, 0.1) is 0 Å². The van der Waals surface area contributed by atoms with E-state index in [2.05, 4.69) is 24.1 Å². The van der Waals surface area contributed by atoms with Crippen LogP contribution in [0.25, 0.3) is 0 Å². The van der Waals surface area contributed by atoms with Gasteiger partial charge in [-0.25, -0.2) is 4.98 Å². The standard InChI is InChI=1S/C14H18N2OS/c1-3-13-8-16-14(18-13)9-15-10(2)11-4-6-12(17)7-5-11/h4-8,10,15,17H,3,9H2,1-2H3. The van der Waals surface area contributed by atoms with E-state index in [0.29, 0.717) is 5.75 Å². The molecule has 0 fully saturated rings. The summed E-state index contributed by atoms with van der Waals surface area (Å²) in [7, 11) is 0. The third-order valence-corrected chi connectivity index (χ3v) is 4.04. The Morgan fingerprint density at radius 3 is 2.67 bits per heavy atom. The average Bonchev–Trinajstić information content (AvgIpc) is 2.85. The number of thiazole rings is 1. The van der Waals surface area contributed by atoms with E-state index >= 15 is 0 Å². The molecule has 1 aromatic heterocycles. The molecule has 1 aromatic carbocycles. The zero-order valence-corrected chi connectivity index (χ0v) is 11.5. The number of nitrogens with one attached hydrogen (secondary N) is 1. The molecule has 0 bridgehead atoms. The van der Waals surface area contributed by atoms with Crippen molar-refractivity contribution in [2.45, 2.75) is 32.9 Å². The van der Waals surface area contributed by atoms with Gasteiger partial charge in [0.05, 0.1) is 0 Å². The van der Waals surface area contributed by atoms with Crippen molar-refractivity contribution in [1.82, 2.24) is 10.3 Å². The van der Waals surface area contributed by atoms with Gasteiger partial charge >= 0.3 is 0 Å². The van der Waals surface area contributed by atoms with Gasteiger partial charge in [0.25, 0.3) is 0 Å². The van der Waals surface area contributed by atoms with Gasteiger partial charge in [-0.15, -0.1) is 11.3 Å². The first-order valence-electron chi connectivity index (χ1n) is 6.15. The van der Waals surface area contributed by atoms with E-state index in [9.17, 15) is 5.11 Å². The summed E-state index contributed by atoms with van der Waals surface area (Å²) in [6, 6.07) is 7.55. The number of aromatic nitrogens is 1. The maximum atomic E-state index is 9.25. The number of aryl methyl sites for hydroxylation is 1. The molecule has 0 spiro atoms. The van der Waals surface area contributed by atoms with Gasteiger partial charge in [0.2, 0.25) is 0 Å². The number of benzene rings is 1. The SMILES string of the molecule is CCc1cnc(CNC(C)c2ccc(O)cc2)s1. The summed E-state index contributed by atoms with van der Waals surface area (Å²) < 4.78 is 0. The largest absolute Gasteiger partial charge is 0.508 e. The van der Waals surface area contributed by atoms with Crippen LogP contribution in [-0.4, -0.2) is 10.1 Å². The quantitative estimate of drug-likeness (QED) is 0.869. The van der Waals surface area contributed by atoms with Crippen molar-refractivity contribution in [2.75, 3.05) is 0 Å². The molecular formula is C14H18N2OS. The normalized spacial score (nSPS) is 12.6. The number of hydrogen-bond donors (Lipinski definition) is 2. The fourth-order valence-electron chi connectivity index (χ4n) is 1.71. The molecule has 4 heteroatoms. The molecule has 0 saturated carbocycles. The van der Waals surface area contributed by atoms with Crippen LogP contribution in [0.2, 0.25) is 0 Å². The Kier molecular flexibility index (Phi) is 4.33. The van der Waals surface area contributed by atoms with Crippen molar-refractivity contribution in [1.29, 1.82) is 0 Å². The summed E-state index contributed by atoms with van der Waals surface area (Å²) in [5.41, 5.74) is 1.17. The average molecular weight is 262 g/mol. The Hall–Kier alpha value is -1.39. The van der Waals surface area contributed by atoms with E-state index in [4.69, 9.17) is 0 Å². The van der Waals surface area contributed by atoms with Crippen LogP contribution in [0.3, 0.4) is 0 Å². The highest BCUT2D eigenvalue weighted by Crippen LogP contribution is 2.18. The number of phenols is 1. The van der Waals surface area contributed by atoms with Crippen LogP contribution in [0.1, 0.15) is 35.3 Å². The van der Waals surface area contributed by atoms with Crippen LogP contribution in [0.5, 0.6) is 5.75 Å². The monoisotopic (exact) mass is 262 g/mol. The highest BCUT2D eigenvalue weighted by molar-refractivity contribution is 7.11. The van der Waals surface area contributed by atoms with Gasteiger partial charge < -0.3 is 10.4 Å². The fourth-order valence-corrected chi connectivity index (χ4v) is 2.53. The molecule has 1 atom stereocenters. The van der Waals surface area contributed by atoms with Gasteiger partial charge in [-0.3, -0.25) is 0 Å². The van der Waals surface area contributed by atoms with E-state index in [0.717, 1.165) is 18.0 Å². The van der Waals surface area contributed by atoms with Gasteiger partial charge in [-0.2, -0.15) is 0 Å². The van der Waals surface area contributed by atoms with Crippen LogP contribution in [0.15, 0.2) is 30.5 Å². The molecule has 0 radical (unpaired) electrons. The first-order valence-corrected chi connectivity index (χ1v) is 6.96. The second-order valence-electron chi connectivity index (χ2n) is 4.27. The zero-order valence-electron chi connectivity index (χ0n) is 10.7. The number of nitrogens with zero attached hydrogens (tertiary/aromatic N) is 1. The lowest BCUT2D eigenvalue weighted by Crippen LogP contribution is -2.17. The van der Waals surface area contributed by atoms with Gasteiger partial charge in [-0.1, -0.05) is 19.1 Å². The maximum absolute atomic E-state index is 9.25. The fraction of sp³-hybridized carbons (Fsp3) is 0.357. The lowest BCUT2D eigenvalue weighted by molar-refractivity contribution is 0.474. The Labute approximate surface area is 112 Å². The Bertz CT molecular complexity index is 493. The number of phenolic OH excluding ortho intramolecular Hbond substituents is 1. The Morgan fingerprint density at radius 1 is 1.33 bits per heavy atom. The highest BCUT2D eigenvalue weighted by atomic mass is 32.1. The molecule has 3 nitrogen and oxygen atoms in total. The second kappa shape index (κ2) is 5.98. The van der Waals surface area contributed by atoms with E-state index < -0.39 is 0 Å². The Balaban J connectivity index is 1.91. The lowest BCUT2D eigenvalue weighted by atomic mass is 10.1. The number of aromatic hydroxyl groups is 1. The summed E-state index contributed by atoms with van der Waals surface area (Å²) in [4.78, 5) is 5.71. The minimum atomic E-state index is 0.250. The molecule has 1 heterocycles. The van der Waals surface area contributed by atoms with Crippen molar-refractivity contribution < 1.29 is 5.11 Å². The highest BCUT2D eigenvalue weighted by Gasteiger charge is 2.06. The maximum Gasteiger partial charge on any atom is 0.115 e. The van der Waals surface area contributed by atoms with Crippen molar-refractivity contribution >= 4 is 11.3 Å².